The van der Waals surface area contributed by atoms with Gasteiger partial charge in [-0.2, -0.15) is 0 Å². The third kappa shape index (κ3) is 3.74. The highest BCUT2D eigenvalue weighted by Gasteiger charge is 2.31. The molecule has 0 radical (unpaired) electrons. The van der Waals surface area contributed by atoms with Gasteiger partial charge in [0.1, 0.15) is 24.0 Å². The van der Waals surface area contributed by atoms with E-state index in [1.54, 1.807) is 18.2 Å². The summed E-state index contributed by atoms with van der Waals surface area (Å²) in [5.41, 5.74) is 1.65. The van der Waals surface area contributed by atoms with Gasteiger partial charge in [-0.15, -0.1) is 0 Å². The molecule has 0 spiro atoms. The van der Waals surface area contributed by atoms with Crippen molar-refractivity contribution in [1.29, 1.82) is 0 Å². The molecule has 4 nitrogen and oxygen atoms in total. The van der Waals surface area contributed by atoms with E-state index in [1.165, 1.54) is 12.1 Å². The fraction of sp³-hybridized carbons (Fsp3) is 0.286. The summed E-state index contributed by atoms with van der Waals surface area (Å²) in [6.45, 7) is 4.51. The lowest BCUT2D eigenvalue weighted by Crippen LogP contribution is -2.38. The van der Waals surface area contributed by atoms with Gasteiger partial charge in [0.25, 0.3) is 0 Å². The number of rotatable bonds is 5. The molecule has 0 atom stereocenters. The predicted molar refractivity (Wildman–Crippen MR) is 105 cm³/mol. The Morgan fingerprint density at radius 3 is 2.54 bits per heavy atom. The van der Waals surface area contributed by atoms with Gasteiger partial charge in [0, 0.05) is 42.4 Å². The highest BCUT2D eigenvalue weighted by Crippen LogP contribution is 2.42. The highest BCUT2D eigenvalue weighted by atomic mass is 79.9. The second-order valence-corrected chi connectivity index (χ2v) is 7.45. The monoisotopic (exact) mass is 449 g/mol. The van der Waals surface area contributed by atoms with Crippen LogP contribution in [0.15, 0.2) is 40.9 Å². The summed E-state index contributed by atoms with van der Waals surface area (Å²) in [6.07, 6.45) is 0. The molecule has 1 aliphatic carbocycles. The van der Waals surface area contributed by atoms with E-state index in [-0.39, 0.29) is 15.8 Å². The summed E-state index contributed by atoms with van der Waals surface area (Å²) in [5.74, 6) is -1.03. The Morgan fingerprint density at radius 1 is 1.04 bits per heavy atom. The summed E-state index contributed by atoms with van der Waals surface area (Å²) in [4.78, 5) is 14.9. The standard InChI is InChI=1S/C21H18BrF2NO3/c22-20-19(16-3-1-13(23)11-18(16)24)15-4-2-14(12-17(15)21(20)26)28-10-7-25-5-8-27-9-6-25/h1-4,11-12H,5-10H2. The molecule has 1 heterocycles. The summed E-state index contributed by atoms with van der Waals surface area (Å²) in [6, 6.07) is 8.51. The van der Waals surface area contributed by atoms with Crippen molar-refractivity contribution < 1.29 is 23.0 Å². The predicted octanol–water partition coefficient (Wildman–Crippen LogP) is 4.03. The molecule has 2 aromatic carbocycles. The van der Waals surface area contributed by atoms with E-state index in [0.717, 1.165) is 38.9 Å². The minimum Gasteiger partial charge on any atom is -0.492 e. The van der Waals surface area contributed by atoms with Gasteiger partial charge in [0.15, 0.2) is 0 Å². The maximum absolute atomic E-state index is 14.3. The lowest BCUT2D eigenvalue weighted by molar-refractivity contribution is 0.0322. The Bertz CT molecular complexity index is 955. The Balaban J connectivity index is 1.53. The number of morpholine rings is 1. The first-order valence-corrected chi connectivity index (χ1v) is 9.81. The van der Waals surface area contributed by atoms with E-state index in [0.29, 0.717) is 29.1 Å². The normalized spacial score (nSPS) is 17.2. The molecule has 28 heavy (non-hydrogen) atoms. The first kappa shape index (κ1) is 19.2. The number of carbonyl (C=O) groups excluding carboxylic acids is 1. The Morgan fingerprint density at radius 2 is 1.79 bits per heavy atom. The molecule has 0 saturated carbocycles. The number of nitrogens with zero attached hydrogens (tertiary/aromatic N) is 1. The van der Waals surface area contributed by atoms with E-state index in [4.69, 9.17) is 9.47 Å². The SMILES string of the molecule is O=C1C(Br)=C(c2ccc(F)cc2F)c2ccc(OCCN3CCOCC3)cc21. The number of benzene rings is 2. The van der Waals surface area contributed by atoms with Gasteiger partial charge in [-0.25, -0.2) is 8.78 Å². The lowest BCUT2D eigenvalue weighted by Gasteiger charge is -2.26. The van der Waals surface area contributed by atoms with Crippen LogP contribution in [0.2, 0.25) is 0 Å². The number of fused-ring (bicyclic) bond motifs is 1. The van der Waals surface area contributed by atoms with Crippen molar-refractivity contribution in [2.45, 2.75) is 0 Å². The number of hydrogen-bond donors (Lipinski definition) is 0. The van der Waals surface area contributed by atoms with Crippen molar-refractivity contribution in [3.05, 3.63) is 69.2 Å². The summed E-state index contributed by atoms with van der Waals surface area (Å²) >= 11 is 3.28. The number of carbonyl (C=O) groups is 1. The Kier molecular flexibility index (Phi) is 5.57. The number of hydrogen-bond acceptors (Lipinski definition) is 4. The van der Waals surface area contributed by atoms with Gasteiger partial charge in [-0.3, -0.25) is 9.69 Å². The molecule has 2 aliphatic rings. The largest absolute Gasteiger partial charge is 0.492 e. The smallest absolute Gasteiger partial charge is 0.201 e. The van der Waals surface area contributed by atoms with Crippen molar-refractivity contribution in [2.75, 3.05) is 39.5 Å². The zero-order valence-electron chi connectivity index (χ0n) is 15.0. The Hall–Kier alpha value is -2.09. The molecule has 0 amide bonds. The number of ether oxygens (including phenoxy) is 2. The fourth-order valence-electron chi connectivity index (χ4n) is 3.44. The summed E-state index contributed by atoms with van der Waals surface area (Å²) < 4.78 is 38.9. The molecule has 1 aliphatic heterocycles. The molecular formula is C21H18BrF2NO3. The van der Waals surface area contributed by atoms with Crippen LogP contribution in [0, 0.1) is 11.6 Å². The van der Waals surface area contributed by atoms with Gasteiger partial charge >= 0.3 is 0 Å². The van der Waals surface area contributed by atoms with Gasteiger partial charge < -0.3 is 9.47 Å². The number of allylic oxidation sites excluding steroid dienone is 1. The minimum absolute atomic E-state index is 0.182. The van der Waals surface area contributed by atoms with Gasteiger partial charge in [0.2, 0.25) is 5.78 Å². The zero-order chi connectivity index (χ0) is 19.7. The third-order valence-corrected chi connectivity index (χ3v) is 5.66. The van der Waals surface area contributed by atoms with Crippen LogP contribution in [0.1, 0.15) is 21.5 Å². The highest BCUT2D eigenvalue weighted by molar-refractivity contribution is 9.12. The summed E-state index contributed by atoms with van der Waals surface area (Å²) in [5, 5.41) is 0. The van der Waals surface area contributed by atoms with Crippen LogP contribution in [0.3, 0.4) is 0 Å². The molecule has 4 rings (SSSR count). The molecule has 0 unspecified atom stereocenters. The maximum atomic E-state index is 14.3. The van der Waals surface area contributed by atoms with Crippen molar-refractivity contribution >= 4 is 27.3 Å². The quantitative estimate of drug-likeness (QED) is 0.690. The van der Waals surface area contributed by atoms with Crippen molar-refractivity contribution in [3.63, 3.8) is 0 Å². The second-order valence-electron chi connectivity index (χ2n) is 6.65. The van der Waals surface area contributed by atoms with Crippen LogP contribution in [-0.4, -0.2) is 50.1 Å². The molecule has 0 N–H and O–H groups in total. The fourth-order valence-corrected chi connectivity index (χ4v) is 4.08. The number of halogens is 3. The third-order valence-electron chi connectivity index (χ3n) is 4.90. The minimum atomic E-state index is -0.710. The average Bonchev–Trinajstić information content (AvgIpc) is 2.94. The van der Waals surface area contributed by atoms with E-state index < -0.39 is 11.6 Å². The van der Waals surface area contributed by atoms with Crippen LogP contribution in [0.4, 0.5) is 8.78 Å². The average molecular weight is 450 g/mol. The van der Waals surface area contributed by atoms with Crippen LogP contribution < -0.4 is 4.74 Å². The molecule has 0 aromatic heterocycles. The van der Waals surface area contributed by atoms with E-state index in [1.807, 2.05) is 0 Å². The van der Waals surface area contributed by atoms with E-state index >= 15 is 0 Å². The number of ketones is 1. The van der Waals surface area contributed by atoms with E-state index in [9.17, 15) is 13.6 Å². The summed E-state index contributed by atoms with van der Waals surface area (Å²) in [7, 11) is 0. The molecule has 2 aromatic rings. The maximum Gasteiger partial charge on any atom is 0.201 e. The van der Waals surface area contributed by atoms with Gasteiger partial charge in [-0.05, 0) is 51.8 Å². The van der Waals surface area contributed by atoms with Crippen LogP contribution in [-0.2, 0) is 4.74 Å². The molecule has 7 heteroatoms. The van der Waals surface area contributed by atoms with Gasteiger partial charge in [-0.1, -0.05) is 0 Å². The molecule has 0 bridgehead atoms. The lowest BCUT2D eigenvalue weighted by atomic mass is 9.98. The molecule has 1 saturated heterocycles. The second kappa shape index (κ2) is 8.11. The number of Topliss-reactive ketones (excluding diaryl/α,β-unsaturated/α-hetero) is 1. The first-order valence-electron chi connectivity index (χ1n) is 9.02. The molecule has 146 valence electrons. The van der Waals surface area contributed by atoms with E-state index in [2.05, 4.69) is 20.8 Å². The zero-order valence-corrected chi connectivity index (χ0v) is 16.6. The van der Waals surface area contributed by atoms with Crippen LogP contribution >= 0.6 is 15.9 Å². The van der Waals surface area contributed by atoms with Crippen molar-refractivity contribution in [1.82, 2.24) is 4.90 Å². The Labute approximate surface area is 169 Å². The molecular weight excluding hydrogens is 432 g/mol. The van der Waals surface area contributed by atoms with Crippen LogP contribution in [0.25, 0.3) is 5.57 Å². The topological polar surface area (TPSA) is 38.8 Å². The first-order chi connectivity index (χ1) is 13.5. The van der Waals surface area contributed by atoms with Crippen LogP contribution in [0.5, 0.6) is 5.75 Å². The van der Waals surface area contributed by atoms with Gasteiger partial charge in [0.05, 0.1) is 17.7 Å². The van der Waals surface area contributed by atoms with Crippen molar-refractivity contribution in [3.8, 4) is 5.75 Å². The van der Waals surface area contributed by atoms with Crippen molar-refractivity contribution in [2.24, 2.45) is 0 Å². The molecule has 1 fully saturated rings.